The van der Waals surface area contributed by atoms with E-state index in [1.807, 2.05) is 22.6 Å². The molecule has 1 aromatic carbocycles. The molecule has 1 rings (SSSR count). The van der Waals surface area contributed by atoms with Crippen LogP contribution in [-0.4, -0.2) is 35.5 Å². The SMILES string of the molecule is CN(CCC(=O)O)C(=O)c1cc(F)ccc1I. The van der Waals surface area contributed by atoms with Crippen LogP contribution in [0, 0.1) is 9.39 Å². The highest BCUT2D eigenvalue weighted by molar-refractivity contribution is 14.1. The summed E-state index contributed by atoms with van der Waals surface area (Å²) in [6.45, 7) is 0.0980. The summed E-state index contributed by atoms with van der Waals surface area (Å²) in [4.78, 5) is 23.5. The van der Waals surface area contributed by atoms with Gasteiger partial charge in [-0.15, -0.1) is 0 Å². The lowest BCUT2D eigenvalue weighted by Crippen LogP contribution is -2.29. The molecule has 0 saturated carbocycles. The van der Waals surface area contributed by atoms with Gasteiger partial charge in [0.2, 0.25) is 0 Å². The summed E-state index contributed by atoms with van der Waals surface area (Å²) in [6.07, 6.45) is -0.131. The zero-order valence-electron chi connectivity index (χ0n) is 9.11. The molecule has 4 nitrogen and oxygen atoms in total. The van der Waals surface area contributed by atoms with Crippen molar-refractivity contribution in [3.63, 3.8) is 0 Å². The normalized spacial score (nSPS) is 10.1. The van der Waals surface area contributed by atoms with Crippen LogP contribution in [0.15, 0.2) is 18.2 Å². The largest absolute Gasteiger partial charge is 0.481 e. The van der Waals surface area contributed by atoms with Gasteiger partial charge in [0, 0.05) is 17.2 Å². The molecule has 0 aliphatic carbocycles. The van der Waals surface area contributed by atoms with Crippen LogP contribution in [0.5, 0.6) is 0 Å². The van der Waals surface area contributed by atoms with Crippen molar-refractivity contribution in [2.24, 2.45) is 0 Å². The van der Waals surface area contributed by atoms with Crippen molar-refractivity contribution in [2.75, 3.05) is 13.6 Å². The second-order valence-corrected chi connectivity index (χ2v) is 4.66. The third-order valence-electron chi connectivity index (χ3n) is 2.17. The molecule has 0 radical (unpaired) electrons. The summed E-state index contributed by atoms with van der Waals surface area (Å²) in [5, 5.41) is 8.51. The number of carboxylic acid groups (broad SMARTS) is 1. The summed E-state index contributed by atoms with van der Waals surface area (Å²) >= 11 is 1.94. The molecule has 0 spiro atoms. The molecular formula is C11H11FINO3. The summed E-state index contributed by atoms with van der Waals surface area (Å²) in [7, 11) is 1.49. The summed E-state index contributed by atoms with van der Waals surface area (Å²) < 4.78 is 13.7. The van der Waals surface area contributed by atoms with Crippen LogP contribution in [-0.2, 0) is 4.79 Å². The Balaban J connectivity index is 2.81. The first-order valence-corrected chi connectivity index (χ1v) is 5.92. The van der Waals surface area contributed by atoms with Gasteiger partial charge in [0.25, 0.3) is 5.91 Å². The Morgan fingerprint density at radius 2 is 2.12 bits per heavy atom. The minimum absolute atomic E-state index is 0.0980. The quantitative estimate of drug-likeness (QED) is 0.844. The van der Waals surface area contributed by atoms with Crippen LogP contribution < -0.4 is 0 Å². The maximum atomic E-state index is 13.0. The Bertz CT molecular complexity index is 450. The summed E-state index contributed by atoms with van der Waals surface area (Å²) in [5.74, 6) is -1.84. The van der Waals surface area contributed by atoms with Gasteiger partial charge in [-0.25, -0.2) is 4.39 Å². The van der Waals surface area contributed by atoms with Crippen LogP contribution in [0.25, 0.3) is 0 Å². The molecular weight excluding hydrogens is 340 g/mol. The summed E-state index contributed by atoms with van der Waals surface area (Å²) in [5.41, 5.74) is 0.249. The number of rotatable bonds is 4. The lowest BCUT2D eigenvalue weighted by Gasteiger charge is -2.16. The Morgan fingerprint density at radius 1 is 1.47 bits per heavy atom. The van der Waals surface area contributed by atoms with Gasteiger partial charge in [-0.1, -0.05) is 0 Å². The third kappa shape index (κ3) is 3.95. The van der Waals surface area contributed by atoms with Gasteiger partial charge < -0.3 is 10.0 Å². The average molecular weight is 351 g/mol. The van der Waals surface area contributed by atoms with Gasteiger partial charge in [0.15, 0.2) is 0 Å². The highest BCUT2D eigenvalue weighted by atomic mass is 127. The second-order valence-electron chi connectivity index (χ2n) is 3.49. The highest BCUT2D eigenvalue weighted by Gasteiger charge is 2.16. The molecule has 0 aliphatic heterocycles. The van der Waals surface area contributed by atoms with Crippen LogP contribution in [0.1, 0.15) is 16.8 Å². The molecule has 0 heterocycles. The fourth-order valence-corrected chi connectivity index (χ4v) is 1.80. The van der Waals surface area contributed by atoms with Crippen molar-refractivity contribution in [1.82, 2.24) is 4.90 Å². The van der Waals surface area contributed by atoms with E-state index in [1.54, 1.807) is 0 Å². The van der Waals surface area contributed by atoms with Crippen LogP contribution >= 0.6 is 22.6 Å². The van der Waals surface area contributed by atoms with Gasteiger partial charge >= 0.3 is 5.97 Å². The monoisotopic (exact) mass is 351 g/mol. The van der Waals surface area contributed by atoms with E-state index < -0.39 is 11.8 Å². The van der Waals surface area contributed by atoms with Crippen LogP contribution in [0.3, 0.4) is 0 Å². The van der Waals surface area contributed by atoms with Crippen molar-refractivity contribution >= 4 is 34.5 Å². The van der Waals surface area contributed by atoms with Crippen molar-refractivity contribution in [3.05, 3.63) is 33.1 Å². The van der Waals surface area contributed by atoms with Gasteiger partial charge in [-0.05, 0) is 40.8 Å². The first kappa shape index (κ1) is 13.9. The first-order chi connectivity index (χ1) is 7.91. The average Bonchev–Trinajstić information content (AvgIpc) is 2.28. The molecule has 0 bridgehead atoms. The van der Waals surface area contributed by atoms with Crippen molar-refractivity contribution < 1.29 is 19.1 Å². The van der Waals surface area contributed by atoms with E-state index in [0.29, 0.717) is 3.57 Å². The molecule has 0 aliphatic rings. The van der Waals surface area contributed by atoms with E-state index in [-0.39, 0.29) is 24.4 Å². The third-order valence-corrected chi connectivity index (χ3v) is 3.11. The minimum atomic E-state index is -0.974. The lowest BCUT2D eigenvalue weighted by atomic mass is 10.2. The van der Waals surface area contributed by atoms with E-state index in [9.17, 15) is 14.0 Å². The van der Waals surface area contributed by atoms with E-state index in [1.165, 1.54) is 24.1 Å². The molecule has 0 fully saturated rings. The lowest BCUT2D eigenvalue weighted by molar-refractivity contribution is -0.137. The fourth-order valence-electron chi connectivity index (χ4n) is 1.23. The summed E-state index contributed by atoms with van der Waals surface area (Å²) in [6, 6.07) is 3.94. The molecule has 0 saturated heterocycles. The number of carbonyl (C=O) groups excluding carboxylic acids is 1. The Morgan fingerprint density at radius 3 is 2.71 bits per heavy atom. The van der Waals surface area contributed by atoms with Gasteiger partial charge in [-0.2, -0.15) is 0 Å². The number of amides is 1. The standard InChI is InChI=1S/C11H11FINO3/c1-14(5-4-10(15)16)11(17)8-6-7(12)2-3-9(8)13/h2-3,6H,4-5H2,1H3,(H,15,16). The Hall–Kier alpha value is -1.18. The van der Waals surface area contributed by atoms with Crippen LogP contribution in [0.2, 0.25) is 0 Å². The molecule has 0 unspecified atom stereocenters. The number of carboxylic acids is 1. The number of carbonyl (C=O) groups is 2. The maximum Gasteiger partial charge on any atom is 0.305 e. The minimum Gasteiger partial charge on any atom is -0.481 e. The van der Waals surface area contributed by atoms with E-state index in [0.717, 1.165) is 6.07 Å². The molecule has 1 N–H and O–H groups in total. The number of halogens is 2. The smallest absolute Gasteiger partial charge is 0.305 e. The number of nitrogens with zero attached hydrogens (tertiary/aromatic N) is 1. The predicted octanol–water partition coefficient (Wildman–Crippen LogP) is 1.98. The zero-order chi connectivity index (χ0) is 13.0. The van der Waals surface area contributed by atoms with Crippen molar-refractivity contribution in [1.29, 1.82) is 0 Å². The Labute approximate surface area is 112 Å². The molecule has 1 aromatic rings. The number of hydrogen-bond donors (Lipinski definition) is 1. The van der Waals surface area contributed by atoms with E-state index in [4.69, 9.17) is 5.11 Å². The molecule has 92 valence electrons. The molecule has 1 amide bonds. The fraction of sp³-hybridized carbons (Fsp3) is 0.273. The number of hydrogen-bond acceptors (Lipinski definition) is 2. The molecule has 6 heteroatoms. The van der Waals surface area contributed by atoms with Crippen molar-refractivity contribution in [3.8, 4) is 0 Å². The maximum absolute atomic E-state index is 13.0. The number of benzene rings is 1. The highest BCUT2D eigenvalue weighted by Crippen LogP contribution is 2.15. The first-order valence-electron chi connectivity index (χ1n) is 4.84. The number of aliphatic carboxylic acids is 1. The van der Waals surface area contributed by atoms with Gasteiger partial charge in [-0.3, -0.25) is 9.59 Å². The van der Waals surface area contributed by atoms with Crippen LogP contribution in [0.4, 0.5) is 4.39 Å². The van der Waals surface area contributed by atoms with Gasteiger partial charge in [0.05, 0.1) is 12.0 Å². The topological polar surface area (TPSA) is 57.6 Å². The van der Waals surface area contributed by atoms with E-state index >= 15 is 0 Å². The van der Waals surface area contributed by atoms with E-state index in [2.05, 4.69) is 0 Å². The molecule has 0 aromatic heterocycles. The second kappa shape index (κ2) is 5.95. The molecule has 0 atom stereocenters. The molecule has 17 heavy (non-hydrogen) atoms. The van der Waals surface area contributed by atoms with Gasteiger partial charge in [0.1, 0.15) is 5.82 Å². The zero-order valence-corrected chi connectivity index (χ0v) is 11.3. The predicted molar refractivity (Wildman–Crippen MR) is 68.3 cm³/mol. The van der Waals surface area contributed by atoms with Crippen molar-refractivity contribution in [2.45, 2.75) is 6.42 Å². The Kier molecular flexibility index (Phi) is 4.86.